The van der Waals surface area contributed by atoms with Gasteiger partial charge < -0.3 is 9.47 Å². The van der Waals surface area contributed by atoms with Gasteiger partial charge in [0, 0.05) is 10.6 Å². The Morgan fingerprint density at radius 1 is 1.14 bits per heavy atom. The van der Waals surface area contributed by atoms with E-state index in [2.05, 4.69) is 6.92 Å². The molecule has 0 fully saturated rings. The van der Waals surface area contributed by atoms with Gasteiger partial charge in [0.1, 0.15) is 0 Å². The van der Waals surface area contributed by atoms with E-state index >= 15 is 0 Å². The number of carbonyl (C=O) groups is 1. The van der Waals surface area contributed by atoms with Crippen LogP contribution in [0, 0.1) is 0 Å². The summed E-state index contributed by atoms with van der Waals surface area (Å²) in [5.74, 6) is 1.07. The summed E-state index contributed by atoms with van der Waals surface area (Å²) in [6.07, 6.45) is 0.915. The molecule has 0 aliphatic rings. The van der Waals surface area contributed by atoms with Crippen LogP contribution in [0.5, 0.6) is 11.5 Å². The third-order valence-electron chi connectivity index (χ3n) is 3.14. The zero-order valence-corrected chi connectivity index (χ0v) is 12.8. The summed E-state index contributed by atoms with van der Waals surface area (Å²) in [5, 5.41) is 0.533. The topological polar surface area (TPSA) is 35.5 Å². The molecule has 0 heterocycles. The van der Waals surface area contributed by atoms with E-state index < -0.39 is 0 Å². The maximum Gasteiger partial charge on any atom is 0.200 e. The van der Waals surface area contributed by atoms with Gasteiger partial charge >= 0.3 is 0 Å². The molecule has 3 nitrogen and oxygen atoms in total. The molecule has 2 aromatic rings. The van der Waals surface area contributed by atoms with Crippen LogP contribution >= 0.6 is 11.6 Å². The van der Waals surface area contributed by atoms with Gasteiger partial charge in [0.15, 0.2) is 23.9 Å². The lowest BCUT2D eigenvalue weighted by Crippen LogP contribution is -2.12. The van der Waals surface area contributed by atoms with Gasteiger partial charge in [0.2, 0.25) is 0 Å². The van der Waals surface area contributed by atoms with Gasteiger partial charge in [-0.15, -0.1) is 0 Å². The van der Waals surface area contributed by atoms with Crippen molar-refractivity contribution in [1.29, 1.82) is 0 Å². The molecule has 0 saturated heterocycles. The molecule has 4 heteroatoms. The molecule has 2 aromatic carbocycles. The van der Waals surface area contributed by atoms with Crippen LogP contribution in [0.25, 0.3) is 0 Å². The number of rotatable bonds is 6. The van der Waals surface area contributed by atoms with Crippen LogP contribution in [0.3, 0.4) is 0 Å². The van der Waals surface area contributed by atoms with Crippen molar-refractivity contribution in [3.8, 4) is 11.5 Å². The molecule has 110 valence electrons. The maximum atomic E-state index is 12.1. The van der Waals surface area contributed by atoms with Crippen molar-refractivity contribution in [2.45, 2.75) is 13.3 Å². The molecule has 0 amide bonds. The average Bonchev–Trinajstić information content (AvgIpc) is 2.52. The van der Waals surface area contributed by atoms with E-state index in [4.69, 9.17) is 21.1 Å². The molecular formula is C17H17ClO3. The molecule has 0 unspecified atom stereocenters. The third-order valence-corrected chi connectivity index (χ3v) is 3.38. The fourth-order valence-corrected chi connectivity index (χ4v) is 2.13. The van der Waals surface area contributed by atoms with E-state index in [1.807, 2.05) is 18.2 Å². The smallest absolute Gasteiger partial charge is 0.200 e. The summed E-state index contributed by atoms with van der Waals surface area (Å²) < 4.78 is 10.9. The monoisotopic (exact) mass is 304 g/mol. The standard InChI is InChI=1S/C17H17ClO3/c1-3-12-7-8-16(17(9-12)20-2)21-11-15(19)13-5-4-6-14(18)10-13/h4-10H,3,11H2,1-2H3. The number of aryl methyl sites for hydroxylation is 1. The zero-order chi connectivity index (χ0) is 15.2. The Labute approximate surface area is 129 Å². The van der Waals surface area contributed by atoms with Crippen molar-refractivity contribution in [2.75, 3.05) is 13.7 Å². The number of hydrogen-bond acceptors (Lipinski definition) is 3. The first-order valence-corrected chi connectivity index (χ1v) is 7.10. The summed E-state index contributed by atoms with van der Waals surface area (Å²) in [5.41, 5.74) is 1.69. The Balaban J connectivity index is 2.07. The van der Waals surface area contributed by atoms with Crippen molar-refractivity contribution in [3.05, 3.63) is 58.6 Å². The van der Waals surface area contributed by atoms with Crippen LogP contribution in [-0.2, 0) is 6.42 Å². The number of Topliss-reactive ketones (excluding diaryl/α,β-unsaturated/α-hetero) is 1. The summed E-state index contributed by atoms with van der Waals surface area (Å²) in [7, 11) is 1.58. The van der Waals surface area contributed by atoms with Crippen LogP contribution in [-0.4, -0.2) is 19.5 Å². The Bertz CT molecular complexity index is 638. The Morgan fingerprint density at radius 3 is 2.62 bits per heavy atom. The average molecular weight is 305 g/mol. The number of benzene rings is 2. The van der Waals surface area contributed by atoms with E-state index in [-0.39, 0.29) is 12.4 Å². The Hall–Kier alpha value is -2.00. The second-order valence-corrected chi connectivity index (χ2v) is 5.00. The van der Waals surface area contributed by atoms with Crippen molar-refractivity contribution in [2.24, 2.45) is 0 Å². The molecule has 0 bridgehead atoms. The van der Waals surface area contributed by atoms with Crippen LogP contribution in [0.15, 0.2) is 42.5 Å². The lowest BCUT2D eigenvalue weighted by atomic mass is 10.1. The predicted molar refractivity (Wildman–Crippen MR) is 83.6 cm³/mol. The molecule has 0 atom stereocenters. The van der Waals surface area contributed by atoms with E-state index in [1.165, 1.54) is 0 Å². The first-order chi connectivity index (χ1) is 10.1. The predicted octanol–water partition coefficient (Wildman–Crippen LogP) is 4.17. The second-order valence-electron chi connectivity index (χ2n) is 4.56. The minimum absolute atomic E-state index is 0.0534. The quantitative estimate of drug-likeness (QED) is 0.751. The maximum absolute atomic E-state index is 12.1. The fourth-order valence-electron chi connectivity index (χ4n) is 1.94. The highest BCUT2D eigenvalue weighted by Crippen LogP contribution is 2.28. The Morgan fingerprint density at radius 2 is 1.95 bits per heavy atom. The fraction of sp³-hybridized carbons (Fsp3) is 0.235. The molecule has 0 spiro atoms. The van der Waals surface area contributed by atoms with Crippen LogP contribution in [0.2, 0.25) is 5.02 Å². The number of hydrogen-bond donors (Lipinski definition) is 0. The highest BCUT2D eigenvalue weighted by Gasteiger charge is 2.10. The lowest BCUT2D eigenvalue weighted by Gasteiger charge is -2.11. The summed E-state index contributed by atoms with van der Waals surface area (Å²) in [4.78, 5) is 12.1. The van der Waals surface area contributed by atoms with Gasteiger partial charge in [0.05, 0.1) is 7.11 Å². The number of methoxy groups -OCH3 is 1. The number of carbonyl (C=O) groups excluding carboxylic acids is 1. The van der Waals surface area contributed by atoms with Crippen molar-refractivity contribution >= 4 is 17.4 Å². The molecule has 0 aromatic heterocycles. The molecule has 0 radical (unpaired) electrons. The zero-order valence-electron chi connectivity index (χ0n) is 12.1. The van der Waals surface area contributed by atoms with Gasteiger partial charge in [0.25, 0.3) is 0 Å². The highest BCUT2D eigenvalue weighted by atomic mass is 35.5. The minimum atomic E-state index is -0.126. The van der Waals surface area contributed by atoms with Gasteiger partial charge in [-0.3, -0.25) is 4.79 Å². The van der Waals surface area contributed by atoms with E-state index in [0.29, 0.717) is 22.1 Å². The third kappa shape index (κ3) is 3.99. The first-order valence-electron chi connectivity index (χ1n) is 6.72. The van der Waals surface area contributed by atoms with Gasteiger partial charge in [-0.25, -0.2) is 0 Å². The van der Waals surface area contributed by atoms with Crippen LogP contribution < -0.4 is 9.47 Å². The number of halogens is 1. The van der Waals surface area contributed by atoms with E-state index in [0.717, 1.165) is 12.0 Å². The van der Waals surface area contributed by atoms with Gasteiger partial charge in [-0.05, 0) is 36.2 Å². The lowest BCUT2D eigenvalue weighted by molar-refractivity contribution is 0.0919. The van der Waals surface area contributed by atoms with Crippen molar-refractivity contribution in [1.82, 2.24) is 0 Å². The van der Waals surface area contributed by atoms with E-state index in [1.54, 1.807) is 31.4 Å². The summed E-state index contributed by atoms with van der Waals surface area (Å²) in [6, 6.07) is 12.5. The summed E-state index contributed by atoms with van der Waals surface area (Å²) >= 11 is 5.87. The van der Waals surface area contributed by atoms with Crippen molar-refractivity contribution in [3.63, 3.8) is 0 Å². The molecule has 21 heavy (non-hydrogen) atoms. The molecule has 0 aliphatic heterocycles. The molecular weight excluding hydrogens is 288 g/mol. The van der Waals surface area contributed by atoms with Crippen molar-refractivity contribution < 1.29 is 14.3 Å². The molecule has 0 N–H and O–H groups in total. The molecule has 0 aliphatic carbocycles. The largest absolute Gasteiger partial charge is 0.493 e. The minimum Gasteiger partial charge on any atom is -0.493 e. The SMILES string of the molecule is CCc1ccc(OCC(=O)c2cccc(Cl)c2)c(OC)c1. The van der Waals surface area contributed by atoms with Gasteiger partial charge in [-0.1, -0.05) is 36.7 Å². The van der Waals surface area contributed by atoms with E-state index in [9.17, 15) is 4.79 Å². The number of ether oxygens (including phenoxy) is 2. The van der Waals surface area contributed by atoms with Crippen LogP contribution in [0.1, 0.15) is 22.8 Å². The molecule has 2 rings (SSSR count). The number of ketones is 1. The van der Waals surface area contributed by atoms with Crippen LogP contribution in [0.4, 0.5) is 0 Å². The highest BCUT2D eigenvalue weighted by molar-refractivity contribution is 6.31. The first kappa shape index (κ1) is 15.4. The second kappa shape index (κ2) is 7.14. The Kier molecular flexibility index (Phi) is 5.23. The summed E-state index contributed by atoms with van der Waals surface area (Å²) in [6.45, 7) is 2.01. The van der Waals surface area contributed by atoms with Gasteiger partial charge in [-0.2, -0.15) is 0 Å². The normalized spacial score (nSPS) is 10.2. The molecule has 0 saturated carbocycles.